The maximum Gasteiger partial charge on any atom is 0.573 e. The molecule has 0 aliphatic carbocycles. The van der Waals surface area contributed by atoms with E-state index in [9.17, 15) is 18.0 Å². The van der Waals surface area contributed by atoms with Crippen LogP contribution >= 0.6 is 24.0 Å². The SMILES string of the molecule is I.NC(=NCc1ccc(OC(F)(F)F)cc1)NCCC(=O)NCc1ccccc1. The lowest BCUT2D eigenvalue weighted by Crippen LogP contribution is -2.35. The van der Waals surface area contributed by atoms with E-state index in [0.29, 0.717) is 18.7 Å². The van der Waals surface area contributed by atoms with Gasteiger partial charge in [-0.3, -0.25) is 4.79 Å². The topological polar surface area (TPSA) is 88.7 Å². The van der Waals surface area contributed by atoms with Gasteiger partial charge in [-0.1, -0.05) is 42.5 Å². The van der Waals surface area contributed by atoms with Gasteiger partial charge in [0.1, 0.15) is 5.75 Å². The molecule has 2 aromatic carbocycles. The minimum absolute atomic E-state index is 0. The fourth-order valence-electron chi connectivity index (χ4n) is 2.22. The Kier molecular flexibility index (Phi) is 10.3. The smallest absolute Gasteiger partial charge is 0.406 e. The van der Waals surface area contributed by atoms with E-state index < -0.39 is 6.36 Å². The zero-order valence-electron chi connectivity index (χ0n) is 15.4. The Morgan fingerprint density at radius 1 is 1.00 bits per heavy atom. The number of carbonyl (C=O) groups is 1. The largest absolute Gasteiger partial charge is 0.573 e. The third-order valence-corrected chi connectivity index (χ3v) is 3.58. The highest BCUT2D eigenvalue weighted by molar-refractivity contribution is 14.0. The molecule has 0 saturated carbocycles. The van der Waals surface area contributed by atoms with Gasteiger partial charge in [0.05, 0.1) is 6.54 Å². The van der Waals surface area contributed by atoms with Crippen LogP contribution in [0.5, 0.6) is 5.75 Å². The maximum absolute atomic E-state index is 12.1. The summed E-state index contributed by atoms with van der Waals surface area (Å²) in [5.41, 5.74) is 7.40. The van der Waals surface area contributed by atoms with Gasteiger partial charge in [0.15, 0.2) is 5.96 Å². The lowest BCUT2D eigenvalue weighted by atomic mass is 10.2. The first-order valence-electron chi connectivity index (χ1n) is 8.51. The van der Waals surface area contributed by atoms with Crippen molar-refractivity contribution in [3.63, 3.8) is 0 Å². The first kappa shape index (κ1) is 24.5. The van der Waals surface area contributed by atoms with Crippen LogP contribution in [-0.4, -0.2) is 24.8 Å². The van der Waals surface area contributed by atoms with E-state index in [1.54, 1.807) is 0 Å². The molecule has 0 radical (unpaired) electrons. The number of nitrogens with one attached hydrogen (secondary N) is 2. The number of carbonyl (C=O) groups excluding carboxylic acids is 1. The summed E-state index contributed by atoms with van der Waals surface area (Å²) in [5, 5.41) is 5.62. The van der Waals surface area contributed by atoms with Crippen molar-refractivity contribution in [1.82, 2.24) is 10.6 Å². The molecular weight excluding hydrogens is 500 g/mol. The lowest BCUT2D eigenvalue weighted by molar-refractivity contribution is -0.274. The fraction of sp³-hybridized carbons (Fsp3) is 0.263. The minimum Gasteiger partial charge on any atom is -0.406 e. The van der Waals surface area contributed by atoms with Crippen LogP contribution in [0.1, 0.15) is 17.5 Å². The standard InChI is InChI=1S/C19H21F3N4O2.HI/c20-19(21,22)28-16-8-6-15(7-9-16)13-26-18(23)24-11-10-17(27)25-12-14-4-2-1-3-5-14;/h1-9H,10-13H2,(H,25,27)(H3,23,24,26);1H. The maximum atomic E-state index is 12.1. The molecule has 10 heteroatoms. The molecular formula is C19H22F3IN4O2. The molecule has 29 heavy (non-hydrogen) atoms. The van der Waals surface area contributed by atoms with Crippen LogP contribution in [0.3, 0.4) is 0 Å². The van der Waals surface area contributed by atoms with Crippen LogP contribution in [0.25, 0.3) is 0 Å². The molecule has 0 aromatic heterocycles. The number of alkyl halides is 3. The average molecular weight is 522 g/mol. The van der Waals surface area contributed by atoms with Crippen molar-refractivity contribution in [3.05, 3.63) is 65.7 Å². The zero-order chi connectivity index (χ0) is 20.4. The first-order valence-corrected chi connectivity index (χ1v) is 8.51. The normalized spacial score (nSPS) is 11.3. The van der Waals surface area contributed by atoms with Gasteiger partial charge in [0, 0.05) is 19.5 Å². The predicted octanol–water partition coefficient (Wildman–Crippen LogP) is 3.31. The average Bonchev–Trinajstić information content (AvgIpc) is 2.65. The Morgan fingerprint density at radius 3 is 2.28 bits per heavy atom. The van der Waals surface area contributed by atoms with Crippen LogP contribution in [0.4, 0.5) is 13.2 Å². The van der Waals surface area contributed by atoms with Gasteiger partial charge in [0.25, 0.3) is 0 Å². The quantitative estimate of drug-likeness (QED) is 0.282. The molecule has 2 rings (SSSR count). The summed E-state index contributed by atoms with van der Waals surface area (Å²) < 4.78 is 40.1. The Hall–Kier alpha value is -2.50. The summed E-state index contributed by atoms with van der Waals surface area (Å²) in [4.78, 5) is 15.9. The molecule has 0 spiro atoms. The predicted molar refractivity (Wildman–Crippen MR) is 115 cm³/mol. The molecule has 0 aliphatic heterocycles. The number of amides is 1. The zero-order valence-corrected chi connectivity index (χ0v) is 17.7. The number of ether oxygens (including phenoxy) is 1. The number of nitrogens with zero attached hydrogens (tertiary/aromatic N) is 1. The van der Waals surface area contributed by atoms with E-state index in [-0.39, 0.29) is 54.6 Å². The monoisotopic (exact) mass is 522 g/mol. The van der Waals surface area contributed by atoms with Crippen LogP contribution in [0, 0.1) is 0 Å². The molecule has 0 unspecified atom stereocenters. The summed E-state index contributed by atoms with van der Waals surface area (Å²) >= 11 is 0. The molecule has 0 saturated heterocycles. The van der Waals surface area contributed by atoms with Crippen molar-refractivity contribution in [2.24, 2.45) is 10.7 Å². The Balaban J connectivity index is 0.00000420. The van der Waals surface area contributed by atoms with E-state index in [1.165, 1.54) is 24.3 Å². The summed E-state index contributed by atoms with van der Waals surface area (Å²) in [6.07, 6.45) is -4.49. The number of rotatable bonds is 8. The van der Waals surface area contributed by atoms with Crippen molar-refractivity contribution >= 4 is 35.8 Å². The number of nitrogens with two attached hydrogens (primary N) is 1. The second kappa shape index (κ2) is 12.1. The number of halogens is 4. The molecule has 0 heterocycles. The van der Waals surface area contributed by atoms with Crippen LogP contribution in [0.2, 0.25) is 0 Å². The summed E-state index contributed by atoms with van der Waals surface area (Å²) in [6, 6.07) is 14.9. The van der Waals surface area contributed by atoms with Crippen LogP contribution < -0.4 is 21.1 Å². The molecule has 0 fully saturated rings. The summed E-state index contributed by atoms with van der Waals surface area (Å²) in [6.45, 7) is 0.955. The highest BCUT2D eigenvalue weighted by Crippen LogP contribution is 2.22. The van der Waals surface area contributed by atoms with Gasteiger partial charge in [0.2, 0.25) is 5.91 Å². The first-order chi connectivity index (χ1) is 13.3. The molecule has 158 valence electrons. The van der Waals surface area contributed by atoms with Crippen molar-refractivity contribution in [2.75, 3.05) is 6.54 Å². The molecule has 0 bridgehead atoms. The minimum atomic E-state index is -4.72. The molecule has 6 nitrogen and oxygen atoms in total. The van der Waals surface area contributed by atoms with Crippen molar-refractivity contribution in [2.45, 2.75) is 25.9 Å². The number of hydrogen-bond acceptors (Lipinski definition) is 3. The Bertz CT molecular complexity index is 784. The number of guanidine groups is 1. The summed E-state index contributed by atoms with van der Waals surface area (Å²) in [5.74, 6) is -0.274. The number of benzene rings is 2. The van der Waals surface area contributed by atoms with Gasteiger partial charge < -0.3 is 21.1 Å². The van der Waals surface area contributed by atoms with Crippen molar-refractivity contribution in [1.29, 1.82) is 0 Å². The number of aliphatic imine (C=N–C) groups is 1. The van der Waals surface area contributed by atoms with Crippen molar-refractivity contribution < 1.29 is 22.7 Å². The molecule has 4 N–H and O–H groups in total. The third-order valence-electron chi connectivity index (χ3n) is 3.58. The van der Waals surface area contributed by atoms with Gasteiger partial charge in [-0.05, 0) is 23.3 Å². The number of hydrogen-bond donors (Lipinski definition) is 3. The second-order valence-electron chi connectivity index (χ2n) is 5.83. The molecule has 2 aromatic rings. The van der Waals surface area contributed by atoms with Gasteiger partial charge in [-0.2, -0.15) is 0 Å². The third kappa shape index (κ3) is 10.6. The van der Waals surface area contributed by atoms with Gasteiger partial charge in [-0.15, -0.1) is 37.1 Å². The van der Waals surface area contributed by atoms with E-state index in [0.717, 1.165) is 5.56 Å². The second-order valence-corrected chi connectivity index (χ2v) is 5.83. The lowest BCUT2D eigenvalue weighted by Gasteiger charge is -2.09. The van der Waals surface area contributed by atoms with Gasteiger partial charge in [-0.25, -0.2) is 4.99 Å². The molecule has 0 aliphatic rings. The van der Waals surface area contributed by atoms with Gasteiger partial charge >= 0.3 is 6.36 Å². The molecule has 0 atom stereocenters. The highest BCUT2D eigenvalue weighted by Gasteiger charge is 2.30. The van der Waals surface area contributed by atoms with E-state index in [4.69, 9.17) is 5.73 Å². The van der Waals surface area contributed by atoms with E-state index in [1.807, 2.05) is 30.3 Å². The summed E-state index contributed by atoms with van der Waals surface area (Å²) in [7, 11) is 0. The van der Waals surface area contributed by atoms with Crippen LogP contribution in [0.15, 0.2) is 59.6 Å². The van der Waals surface area contributed by atoms with E-state index >= 15 is 0 Å². The molecule has 1 amide bonds. The van der Waals surface area contributed by atoms with Crippen LogP contribution in [-0.2, 0) is 17.9 Å². The van der Waals surface area contributed by atoms with E-state index in [2.05, 4.69) is 20.4 Å². The highest BCUT2D eigenvalue weighted by atomic mass is 127. The fourth-order valence-corrected chi connectivity index (χ4v) is 2.22. The van der Waals surface area contributed by atoms with Crippen molar-refractivity contribution in [3.8, 4) is 5.75 Å². The Morgan fingerprint density at radius 2 is 1.66 bits per heavy atom. The Labute approximate surface area is 183 Å².